The maximum Gasteiger partial charge on any atom is 0.340 e. The number of ether oxygens (including phenoxy) is 2. The minimum absolute atomic E-state index is 0.252. The van der Waals surface area contributed by atoms with Crippen LogP contribution in [0.2, 0.25) is 0 Å². The first kappa shape index (κ1) is 18.4. The average molecular weight is 359 g/mol. The fraction of sp³-hybridized carbons (Fsp3) is 0.550. The first-order valence-electron chi connectivity index (χ1n) is 9.28. The van der Waals surface area contributed by atoms with Crippen molar-refractivity contribution in [1.29, 1.82) is 0 Å². The largest absolute Gasteiger partial charge is 0.462 e. The van der Waals surface area contributed by atoms with Crippen molar-refractivity contribution in [2.45, 2.75) is 39.0 Å². The highest BCUT2D eigenvalue weighted by Gasteiger charge is 2.40. The number of carbonyl (C=O) groups is 3. The van der Waals surface area contributed by atoms with Gasteiger partial charge in [0.1, 0.15) is 0 Å². The summed E-state index contributed by atoms with van der Waals surface area (Å²) in [5.41, 5.74) is 0.621. The Labute approximate surface area is 153 Å². The molecule has 1 aromatic rings. The van der Waals surface area contributed by atoms with Gasteiger partial charge < -0.3 is 14.8 Å². The number of anilines is 1. The lowest BCUT2D eigenvalue weighted by Gasteiger charge is -2.20. The summed E-state index contributed by atoms with van der Waals surface area (Å²) in [5, 5.41) is 2.61. The van der Waals surface area contributed by atoms with Crippen LogP contribution >= 0.6 is 0 Å². The number of hydrogen-bond acceptors (Lipinski definition) is 5. The summed E-state index contributed by atoms with van der Waals surface area (Å²) >= 11 is 0. The van der Waals surface area contributed by atoms with E-state index < -0.39 is 11.9 Å². The summed E-state index contributed by atoms with van der Waals surface area (Å²) in [5.74, 6) is 0.545. The molecule has 0 aromatic heterocycles. The molecular weight excluding hydrogens is 334 g/mol. The highest BCUT2D eigenvalue weighted by atomic mass is 16.5. The Balaban J connectivity index is 1.47. The molecule has 1 N–H and O–H groups in total. The van der Waals surface area contributed by atoms with Crippen LogP contribution < -0.4 is 5.32 Å². The molecule has 6 nitrogen and oxygen atoms in total. The molecule has 0 saturated heterocycles. The molecule has 2 bridgehead atoms. The monoisotopic (exact) mass is 359 g/mol. The smallest absolute Gasteiger partial charge is 0.340 e. The lowest BCUT2D eigenvalue weighted by molar-refractivity contribution is -0.148. The molecule has 2 fully saturated rings. The Hall–Kier alpha value is -2.37. The lowest BCUT2D eigenvalue weighted by atomic mass is 9.86. The molecule has 140 valence electrons. The van der Waals surface area contributed by atoms with E-state index in [1.165, 1.54) is 19.3 Å². The first-order chi connectivity index (χ1) is 12.6. The van der Waals surface area contributed by atoms with Crippen LogP contribution in [0.4, 0.5) is 5.69 Å². The number of amides is 1. The van der Waals surface area contributed by atoms with E-state index in [4.69, 9.17) is 9.47 Å². The third kappa shape index (κ3) is 4.42. The van der Waals surface area contributed by atoms with Gasteiger partial charge in [0.05, 0.1) is 17.9 Å². The van der Waals surface area contributed by atoms with E-state index in [2.05, 4.69) is 5.32 Å². The second-order valence-electron chi connectivity index (χ2n) is 7.11. The van der Waals surface area contributed by atoms with Crippen molar-refractivity contribution in [1.82, 2.24) is 0 Å². The molecule has 1 aromatic carbocycles. The normalized spacial score (nSPS) is 23.5. The summed E-state index contributed by atoms with van der Waals surface area (Å²) in [6.07, 6.45) is 5.25. The molecule has 0 heterocycles. The van der Waals surface area contributed by atoms with Gasteiger partial charge in [-0.25, -0.2) is 4.79 Å². The summed E-state index contributed by atoms with van der Waals surface area (Å²) in [6, 6.07) is 6.59. The molecule has 0 spiro atoms. The maximum atomic E-state index is 12.1. The summed E-state index contributed by atoms with van der Waals surface area (Å²) in [7, 11) is 0. The second-order valence-corrected chi connectivity index (χ2v) is 7.11. The van der Waals surface area contributed by atoms with Crippen molar-refractivity contribution in [3.05, 3.63) is 29.8 Å². The van der Waals surface area contributed by atoms with E-state index in [1.54, 1.807) is 31.2 Å². The van der Waals surface area contributed by atoms with E-state index in [0.29, 0.717) is 23.9 Å². The molecule has 1 amide bonds. The third-order valence-corrected chi connectivity index (χ3v) is 5.37. The highest BCUT2D eigenvalue weighted by Crippen LogP contribution is 2.49. The number of nitrogens with one attached hydrogen (secondary N) is 1. The van der Waals surface area contributed by atoms with E-state index >= 15 is 0 Å². The molecule has 6 heteroatoms. The van der Waals surface area contributed by atoms with Gasteiger partial charge in [-0.15, -0.1) is 0 Å². The SMILES string of the molecule is CCOC(=O)c1ccccc1NC(=O)COC(=O)C[C@H]1C[C@@H]2CC[C@@H]1C2. The number of para-hydroxylation sites is 1. The Morgan fingerprint density at radius 2 is 1.92 bits per heavy atom. The Bertz CT molecular complexity index is 687. The zero-order valence-electron chi connectivity index (χ0n) is 15.0. The molecule has 3 atom stereocenters. The molecule has 0 unspecified atom stereocenters. The minimum Gasteiger partial charge on any atom is -0.462 e. The number of fused-ring (bicyclic) bond motifs is 2. The van der Waals surface area contributed by atoms with Gasteiger partial charge in [0.25, 0.3) is 5.91 Å². The molecule has 3 rings (SSSR count). The minimum atomic E-state index is -0.503. The van der Waals surface area contributed by atoms with Crippen LogP contribution in [0.25, 0.3) is 0 Å². The van der Waals surface area contributed by atoms with Crippen molar-refractivity contribution >= 4 is 23.5 Å². The standard InChI is InChI=1S/C20H25NO5/c1-2-25-20(24)16-5-3-4-6-17(16)21-18(22)12-26-19(23)11-15-10-13-7-8-14(15)9-13/h3-6,13-15H,2,7-12H2,1H3,(H,21,22)/t13-,14-,15-/m1/s1. The maximum absolute atomic E-state index is 12.1. The number of rotatable bonds is 7. The van der Waals surface area contributed by atoms with Crippen molar-refractivity contribution in [2.75, 3.05) is 18.5 Å². The Morgan fingerprint density at radius 3 is 2.62 bits per heavy atom. The van der Waals surface area contributed by atoms with Gasteiger partial charge in [0.2, 0.25) is 0 Å². The van der Waals surface area contributed by atoms with Gasteiger partial charge in [0, 0.05) is 6.42 Å². The van der Waals surface area contributed by atoms with Crippen molar-refractivity contribution < 1.29 is 23.9 Å². The van der Waals surface area contributed by atoms with Gasteiger partial charge >= 0.3 is 11.9 Å². The Morgan fingerprint density at radius 1 is 1.12 bits per heavy atom. The average Bonchev–Trinajstić information content (AvgIpc) is 3.23. The molecule has 2 aliphatic carbocycles. The first-order valence-corrected chi connectivity index (χ1v) is 9.28. The van der Waals surface area contributed by atoms with E-state index in [9.17, 15) is 14.4 Å². The summed E-state index contributed by atoms with van der Waals surface area (Å²) < 4.78 is 10.1. The van der Waals surface area contributed by atoms with Crippen molar-refractivity contribution in [3.63, 3.8) is 0 Å². The predicted octanol–water partition coefficient (Wildman–Crippen LogP) is 3.17. The molecule has 0 aliphatic heterocycles. The number of benzene rings is 1. The third-order valence-electron chi connectivity index (χ3n) is 5.37. The van der Waals surface area contributed by atoms with Gasteiger partial charge in [-0.05, 0) is 56.1 Å². The fourth-order valence-corrected chi connectivity index (χ4v) is 4.21. The zero-order valence-corrected chi connectivity index (χ0v) is 15.0. The highest BCUT2D eigenvalue weighted by molar-refractivity contribution is 6.01. The van der Waals surface area contributed by atoms with E-state index in [-0.39, 0.29) is 24.7 Å². The fourth-order valence-electron chi connectivity index (χ4n) is 4.21. The van der Waals surface area contributed by atoms with Crippen LogP contribution in [-0.4, -0.2) is 31.1 Å². The van der Waals surface area contributed by atoms with Crippen LogP contribution in [0.1, 0.15) is 49.4 Å². The number of hydrogen-bond donors (Lipinski definition) is 1. The van der Waals surface area contributed by atoms with Crippen LogP contribution in [0.3, 0.4) is 0 Å². The predicted molar refractivity (Wildman–Crippen MR) is 95.5 cm³/mol. The van der Waals surface area contributed by atoms with Gasteiger partial charge in [-0.1, -0.05) is 18.6 Å². The van der Waals surface area contributed by atoms with Gasteiger partial charge in [-0.2, -0.15) is 0 Å². The van der Waals surface area contributed by atoms with Crippen LogP contribution in [0.15, 0.2) is 24.3 Å². The van der Waals surface area contributed by atoms with Crippen LogP contribution in [0, 0.1) is 17.8 Å². The summed E-state index contributed by atoms with van der Waals surface area (Å²) in [6.45, 7) is 1.62. The van der Waals surface area contributed by atoms with Crippen molar-refractivity contribution in [3.8, 4) is 0 Å². The molecule has 2 aliphatic rings. The Kier molecular flexibility index (Phi) is 5.91. The second kappa shape index (κ2) is 8.34. The lowest BCUT2D eigenvalue weighted by Crippen LogP contribution is -2.24. The van der Waals surface area contributed by atoms with E-state index in [0.717, 1.165) is 12.3 Å². The van der Waals surface area contributed by atoms with Crippen LogP contribution in [0.5, 0.6) is 0 Å². The zero-order chi connectivity index (χ0) is 18.5. The van der Waals surface area contributed by atoms with Gasteiger partial charge in [0.15, 0.2) is 6.61 Å². The van der Waals surface area contributed by atoms with Crippen molar-refractivity contribution in [2.24, 2.45) is 17.8 Å². The quantitative estimate of drug-likeness (QED) is 0.756. The molecule has 2 saturated carbocycles. The number of carbonyl (C=O) groups excluding carboxylic acids is 3. The topological polar surface area (TPSA) is 81.7 Å². The summed E-state index contributed by atoms with van der Waals surface area (Å²) in [4.78, 5) is 36.0. The van der Waals surface area contributed by atoms with E-state index in [1.807, 2.05) is 0 Å². The van der Waals surface area contributed by atoms with Crippen LogP contribution in [-0.2, 0) is 19.1 Å². The molecule has 0 radical (unpaired) electrons. The molecule has 26 heavy (non-hydrogen) atoms. The number of esters is 2. The van der Waals surface area contributed by atoms with Gasteiger partial charge in [-0.3, -0.25) is 9.59 Å². The molecular formula is C20H25NO5.